The molecular weight excluding hydrogens is 343 g/mol. The van der Waals surface area contributed by atoms with Gasteiger partial charge >= 0.3 is 0 Å². The van der Waals surface area contributed by atoms with Crippen molar-refractivity contribution in [3.63, 3.8) is 0 Å². The fraction of sp³-hybridized carbons (Fsp3) is 0.619. The van der Waals surface area contributed by atoms with E-state index in [1.807, 2.05) is 47.6 Å². The Morgan fingerprint density at radius 3 is 2.19 bits per heavy atom. The summed E-state index contributed by atoms with van der Waals surface area (Å²) in [4.78, 5) is 3.34. The summed E-state index contributed by atoms with van der Waals surface area (Å²) in [6.07, 6.45) is 3.05. The summed E-state index contributed by atoms with van der Waals surface area (Å²) in [7, 11) is 1.46. The van der Waals surface area contributed by atoms with Crippen molar-refractivity contribution in [2.45, 2.75) is 58.3 Å². The van der Waals surface area contributed by atoms with Crippen molar-refractivity contribution < 1.29 is 13.6 Å². The number of nitrogens with one attached hydrogen (secondary N) is 1. The summed E-state index contributed by atoms with van der Waals surface area (Å²) < 4.78 is 20.6. The topological polar surface area (TPSA) is 42.1 Å². The van der Waals surface area contributed by atoms with Crippen molar-refractivity contribution in [3.8, 4) is 0 Å². The van der Waals surface area contributed by atoms with E-state index >= 15 is 0 Å². The van der Waals surface area contributed by atoms with E-state index in [-0.39, 0.29) is 10.3 Å². The molecule has 26 heavy (non-hydrogen) atoms. The highest BCUT2D eigenvalue weighted by Crippen LogP contribution is 2.67. The van der Waals surface area contributed by atoms with Gasteiger partial charge in [-0.2, -0.15) is 0 Å². The second-order valence-corrected chi connectivity index (χ2v) is 14.0. The Hall–Kier alpha value is -1.09. The van der Waals surface area contributed by atoms with Gasteiger partial charge in [0.1, 0.15) is 0 Å². The molecule has 1 heterocycles. The lowest BCUT2D eigenvalue weighted by Crippen LogP contribution is -2.44. The summed E-state index contributed by atoms with van der Waals surface area (Å²) in [5.74, 6) is 0. The molecule has 2 aromatic rings. The third-order valence-corrected chi connectivity index (χ3v) is 9.03. The van der Waals surface area contributed by atoms with Crippen molar-refractivity contribution in [1.82, 2.24) is 4.98 Å². The first-order valence-electron chi connectivity index (χ1n) is 9.39. The molecule has 0 atom stereocenters. The molecule has 0 fully saturated rings. The third kappa shape index (κ3) is 4.42. The van der Waals surface area contributed by atoms with Crippen LogP contribution >= 0.6 is 7.37 Å². The van der Waals surface area contributed by atoms with E-state index in [1.54, 1.807) is 0 Å². The molecule has 0 aliphatic rings. The third-order valence-electron chi connectivity index (χ3n) is 5.02. The summed E-state index contributed by atoms with van der Waals surface area (Å²) >= 11 is 0. The van der Waals surface area contributed by atoms with Gasteiger partial charge in [0.2, 0.25) is 7.37 Å². The van der Waals surface area contributed by atoms with E-state index in [9.17, 15) is 4.57 Å². The minimum atomic E-state index is -2.83. The highest BCUT2D eigenvalue weighted by atomic mass is 31.2. The lowest BCUT2D eigenvalue weighted by Gasteiger charge is -2.41. The van der Waals surface area contributed by atoms with E-state index in [0.717, 1.165) is 13.0 Å². The average molecular weight is 380 g/mol. The normalized spacial score (nSPS) is 14.2. The van der Waals surface area contributed by atoms with E-state index in [4.69, 9.17) is 4.52 Å². The van der Waals surface area contributed by atoms with Gasteiger partial charge in [0.05, 0.1) is 20.6 Å². The predicted octanol–water partition coefficient (Wildman–Crippen LogP) is 5.64. The first-order valence-corrected chi connectivity index (χ1v) is 11.0. The van der Waals surface area contributed by atoms with Crippen LogP contribution in [0.15, 0.2) is 30.5 Å². The van der Waals surface area contributed by atoms with Crippen LogP contribution in [0.1, 0.15) is 47.1 Å². The Labute approximate surface area is 159 Å². The number of fused-ring (bicyclic) bond motifs is 1. The van der Waals surface area contributed by atoms with E-state index in [1.165, 1.54) is 16.5 Å². The van der Waals surface area contributed by atoms with Crippen molar-refractivity contribution in [3.05, 3.63) is 36.0 Å². The number of benzene rings is 1. The van der Waals surface area contributed by atoms with Gasteiger partial charge in [-0.25, -0.2) is 0 Å². The number of hydrogen-bond donors (Lipinski definition) is 1. The Morgan fingerprint density at radius 1 is 1.04 bits per heavy atom. The Morgan fingerprint density at radius 2 is 1.62 bits per heavy atom. The van der Waals surface area contributed by atoms with Crippen molar-refractivity contribution >= 4 is 18.3 Å². The number of likely N-dealkylation sites (N-methyl/N-ethyl adjacent to an activating group) is 1. The molecule has 0 bridgehead atoms. The van der Waals surface area contributed by atoms with Crippen LogP contribution in [0.5, 0.6) is 0 Å². The molecule has 0 aliphatic heterocycles. The smallest absolute Gasteiger partial charge is 0.217 e. The molecule has 146 valence electrons. The molecule has 0 saturated carbocycles. The highest BCUT2D eigenvalue weighted by molar-refractivity contribution is 7.62. The van der Waals surface area contributed by atoms with E-state index in [0.29, 0.717) is 11.2 Å². The fourth-order valence-corrected chi connectivity index (χ4v) is 6.72. The summed E-state index contributed by atoms with van der Waals surface area (Å²) in [6, 6.07) is 8.38. The maximum absolute atomic E-state index is 13.7. The number of aromatic amines is 1. The molecule has 4 nitrogen and oxygen atoms in total. The summed E-state index contributed by atoms with van der Waals surface area (Å²) in [5.41, 5.74) is 2.50. The van der Waals surface area contributed by atoms with E-state index in [2.05, 4.69) is 43.5 Å². The predicted molar refractivity (Wildman–Crippen MR) is 112 cm³/mol. The Balaban J connectivity index is 2.07. The van der Waals surface area contributed by atoms with Gasteiger partial charge in [-0.3, -0.25) is 9.09 Å². The second kappa shape index (κ2) is 7.14. The molecule has 1 N–H and O–H groups in total. The number of aromatic nitrogens is 1. The van der Waals surface area contributed by atoms with Crippen molar-refractivity contribution in [2.75, 3.05) is 27.4 Å². The summed E-state index contributed by atoms with van der Waals surface area (Å²) in [6.45, 7) is 13.5. The van der Waals surface area contributed by atoms with Crippen LogP contribution in [-0.2, 0) is 15.5 Å². The molecular formula is C21H36N2O2P+. The zero-order valence-corrected chi connectivity index (χ0v) is 18.6. The lowest BCUT2D eigenvalue weighted by molar-refractivity contribution is -0.905. The van der Waals surface area contributed by atoms with Crippen LogP contribution in [0, 0.1) is 0 Å². The zero-order chi connectivity index (χ0) is 19.8. The summed E-state index contributed by atoms with van der Waals surface area (Å²) in [5, 5.41) is 0.535. The number of hydrogen-bond acceptors (Lipinski definition) is 2. The highest BCUT2D eigenvalue weighted by Gasteiger charge is 2.48. The molecule has 2 rings (SSSR count). The largest absolute Gasteiger partial charge is 0.361 e. The average Bonchev–Trinajstić information content (AvgIpc) is 2.92. The van der Waals surface area contributed by atoms with Crippen LogP contribution in [0.4, 0.5) is 0 Å². The number of quaternary nitrogens is 1. The molecule has 1 aromatic heterocycles. The lowest BCUT2D eigenvalue weighted by atomic mass is 10.1. The van der Waals surface area contributed by atoms with Gasteiger partial charge in [0, 0.05) is 33.8 Å². The molecule has 0 radical (unpaired) electrons. The number of nitrogens with zero attached hydrogens (tertiary/aromatic N) is 1. The maximum atomic E-state index is 13.7. The molecule has 0 saturated heterocycles. The van der Waals surface area contributed by atoms with Gasteiger partial charge in [-0.05, 0) is 11.6 Å². The van der Waals surface area contributed by atoms with Crippen LogP contribution in [-0.4, -0.2) is 47.2 Å². The SMILES string of the molecule is CC(C)(C)P(=O)(OC[N+](C)(C)CCc1c[nH]c2ccccc12)C(C)(C)C. The van der Waals surface area contributed by atoms with Crippen LogP contribution in [0.2, 0.25) is 0 Å². The van der Waals surface area contributed by atoms with Crippen LogP contribution in [0.3, 0.4) is 0 Å². The molecule has 0 unspecified atom stereocenters. The number of rotatable bonds is 6. The molecule has 1 aromatic carbocycles. The minimum Gasteiger partial charge on any atom is -0.361 e. The van der Waals surface area contributed by atoms with Gasteiger partial charge < -0.3 is 9.47 Å². The fourth-order valence-electron chi connectivity index (χ4n) is 3.46. The first kappa shape index (κ1) is 21.2. The monoisotopic (exact) mass is 379 g/mol. The van der Waals surface area contributed by atoms with Gasteiger partial charge in [0.15, 0.2) is 6.73 Å². The van der Waals surface area contributed by atoms with Gasteiger partial charge in [-0.1, -0.05) is 59.7 Å². The number of para-hydroxylation sites is 1. The molecule has 5 heteroatoms. The zero-order valence-electron chi connectivity index (χ0n) is 17.7. The first-order chi connectivity index (χ1) is 11.8. The molecule has 0 spiro atoms. The quantitative estimate of drug-likeness (QED) is 0.401. The number of H-pyrrole nitrogens is 1. The Bertz CT molecular complexity index is 776. The molecule has 0 amide bonds. The minimum absolute atomic E-state index is 0.373. The second-order valence-electron chi connectivity index (χ2n) is 9.92. The van der Waals surface area contributed by atoms with E-state index < -0.39 is 7.37 Å². The Kier molecular flexibility index (Phi) is 5.83. The van der Waals surface area contributed by atoms with Crippen LogP contribution < -0.4 is 0 Å². The molecule has 0 aliphatic carbocycles. The van der Waals surface area contributed by atoms with Crippen molar-refractivity contribution in [2.24, 2.45) is 0 Å². The van der Waals surface area contributed by atoms with Crippen molar-refractivity contribution in [1.29, 1.82) is 0 Å². The van der Waals surface area contributed by atoms with Crippen LogP contribution in [0.25, 0.3) is 10.9 Å². The standard InChI is InChI=1S/C21H36N2O2P/c1-20(2,3)26(24,21(4,5)6)25-16-23(7,8)14-13-17-15-22-19-12-10-9-11-18(17)19/h9-12,15,22H,13-14,16H2,1-8H3/q+1. The van der Waals surface area contributed by atoms with Gasteiger partial charge in [-0.15, -0.1) is 0 Å². The van der Waals surface area contributed by atoms with Gasteiger partial charge in [0.25, 0.3) is 0 Å². The maximum Gasteiger partial charge on any atom is 0.217 e.